The molecule has 17 heavy (non-hydrogen) atoms. The molecule has 4 nitrogen and oxygen atoms in total. The highest BCUT2D eigenvalue weighted by Gasteiger charge is 2.05. The van der Waals surface area contributed by atoms with Crippen molar-refractivity contribution in [3.05, 3.63) is 39.9 Å². The Morgan fingerprint density at radius 2 is 2.24 bits per heavy atom. The minimum Gasteiger partial charge on any atom is -0.377 e. The molecule has 0 saturated carbocycles. The summed E-state index contributed by atoms with van der Waals surface area (Å²) in [6.45, 7) is 3.42. The molecular weight excluding hydrogens is 256 g/mol. The van der Waals surface area contributed by atoms with Crippen LogP contribution in [-0.4, -0.2) is 14.8 Å². The first-order chi connectivity index (χ1) is 8.22. The van der Waals surface area contributed by atoms with Gasteiger partial charge in [-0.3, -0.25) is 5.10 Å². The highest BCUT2D eigenvalue weighted by Crippen LogP contribution is 2.20. The molecule has 2 N–H and O–H groups in total. The van der Waals surface area contributed by atoms with Gasteiger partial charge in [-0.05, 0) is 31.3 Å². The second kappa shape index (κ2) is 5.33. The van der Waals surface area contributed by atoms with Crippen LogP contribution in [0.15, 0.2) is 24.3 Å². The minimum atomic E-state index is 0.588. The Labute approximate surface area is 110 Å². The SMILES string of the molecule is CCn1c(CNc2ccccc2Cl)n[nH]c1=S. The molecular formula is C11H13ClN4S. The van der Waals surface area contributed by atoms with Crippen molar-refractivity contribution in [2.75, 3.05) is 5.32 Å². The van der Waals surface area contributed by atoms with E-state index in [1.54, 1.807) is 0 Å². The van der Waals surface area contributed by atoms with Gasteiger partial charge in [0.1, 0.15) is 0 Å². The van der Waals surface area contributed by atoms with E-state index < -0.39 is 0 Å². The van der Waals surface area contributed by atoms with Gasteiger partial charge < -0.3 is 9.88 Å². The smallest absolute Gasteiger partial charge is 0.195 e. The van der Waals surface area contributed by atoms with Crippen LogP contribution in [0.4, 0.5) is 5.69 Å². The van der Waals surface area contributed by atoms with E-state index in [-0.39, 0.29) is 0 Å². The van der Waals surface area contributed by atoms with Gasteiger partial charge in [0, 0.05) is 6.54 Å². The largest absolute Gasteiger partial charge is 0.377 e. The molecule has 0 aliphatic carbocycles. The maximum atomic E-state index is 6.05. The summed E-state index contributed by atoms with van der Waals surface area (Å²) in [5, 5.41) is 10.9. The third-order valence-electron chi connectivity index (χ3n) is 2.46. The van der Waals surface area contributed by atoms with Crippen molar-refractivity contribution in [2.24, 2.45) is 0 Å². The summed E-state index contributed by atoms with van der Waals surface area (Å²) in [4.78, 5) is 0. The molecule has 0 saturated heterocycles. The molecule has 0 fully saturated rings. The normalized spacial score (nSPS) is 10.5. The summed E-state index contributed by atoms with van der Waals surface area (Å²) in [6, 6.07) is 7.61. The molecule has 2 aromatic rings. The number of nitrogens with zero attached hydrogens (tertiary/aromatic N) is 2. The third kappa shape index (κ3) is 2.68. The van der Waals surface area contributed by atoms with Crippen molar-refractivity contribution < 1.29 is 0 Å². The van der Waals surface area contributed by atoms with E-state index in [1.165, 1.54) is 0 Å². The Bertz CT molecular complexity index is 561. The fraction of sp³-hybridized carbons (Fsp3) is 0.273. The van der Waals surface area contributed by atoms with E-state index in [0.717, 1.165) is 18.1 Å². The van der Waals surface area contributed by atoms with E-state index in [1.807, 2.05) is 35.8 Å². The lowest BCUT2D eigenvalue weighted by Crippen LogP contribution is -2.08. The number of halogens is 1. The Kier molecular flexibility index (Phi) is 3.81. The molecule has 0 atom stereocenters. The molecule has 0 aliphatic rings. The van der Waals surface area contributed by atoms with Crippen LogP contribution in [0.2, 0.25) is 5.02 Å². The van der Waals surface area contributed by atoms with Crippen LogP contribution in [0.1, 0.15) is 12.7 Å². The van der Waals surface area contributed by atoms with Crippen molar-refractivity contribution in [1.29, 1.82) is 0 Å². The first kappa shape index (κ1) is 12.1. The van der Waals surface area contributed by atoms with Gasteiger partial charge in [0.05, 0.1) is 17.3 Å². The van der Waals surface area contributed by atoms with Gasteiger partial charge in [-0.15, -0.1) is 0 Å². The van der Waals surface area contributed by atoms with Crippen molar-refractivity contribution in [3.63, 3.8) is 0 Å². The molecule has 0 amide bonds. The van der Waals surface area contributed by atoms with E-state index in [9.17, 15) is 0 Å². The average molecular weight is 269 g/mol. The number of hydrogen-bond acceptors (Lipinski definition) is 3. The highest BCUT2D eigenvalue weighted by molar-refractivity contribution is 7.71. The lowest BCUT2D eigenvalue weighted by Gasteiger charge is -2.08. The molecule has 1 aromatic heterocycles. The molecule has 0 radical (unpaired) electrons. The van der Waals surface area contributed by atoms with Gasteiger partial charge in [-0.2, -0.15) is 5.10 Å². The maximum Gasteiger partial charge on any atom is 0.195 e. The summed E-state index contributed by atoms with van der Waals surface area (Å²) >= 11 is 11.2. The van der Waals surface area contributed by atoms with Crippen LogP contribution in [0.5, 0.6) is 0 Å². The first-order valence-corrected chi connectivity index (χ1v) is 6.13. The number of nitrogens with one attached hydrogen (secondary N) is 2. The minimum absolute atomic E-state index is 0.588. The number of aromatic amines is 1. The van der Waals surface area contributed by atoms with Gasteiger partial charge in [-0.25, -0.2) is 0 Å². The molecule has 0 bridgehead atoms. The maximum absolute atomic E-state index is 6.05. The second-order valence-electron chi connectivity index (χ2n) is 3.52. The van der Waals surface area contributed by atoms with Crippen LogP contribution in [0.25, 0.3) is 0 Å². The molecule has 1 heterocycles. The zero-order chi connectivity index (χ0) is 12.3. The van der Waals surface area contributed by atoms with Gasteiger partial charge in [0.2, 0.25) is 0 Å². The Morgan fingerprint density at radius 3 is 2.94 bits per heavy atom. The molecule has 0 spiro atoms. The number of para-hydroxylation sites is 1. The molecule has 0 aliphatic heterocycles. The summed E-state index contributed by atoms with van der Waals surface area (Å²) in [7, 11) is 0. The number of hydrogen-bond donors (Lipinski definition) is 2. The van der Waals surface area contributed by atoms with E-state index in [4.69, 9.17) is 23.8 Å². The van der Waals surface area contributed by atoms with Crippen LogP contribution in [-0.2, 0) is 13.1 Å². The highest BCUT2D eigenvalue weighted by atomic mass is 35.5. The quantitative estimate of drug-likeness (QED) is 0.837. The molecule has 90 valence electrons. The monoisotopic (exact) mass is 268 g/mol. The first-order valence-electron chi connectivity index (χ1n) is 5.35. The topological polar surface area (TPSA) is 45.6 Å². The van der Waals surface area contributed by atoms with Crippen LogP contribution in [0, 0.1) is 4.77 Å². The molecule has 6 heteroatoms. The summed E-state index contributed by atoms with van der Waals surface area (Å²) in [5.41, 5.74) is 0.894. The zero-order valence-electron chi connectivity index (χ0n) is 9.40. The average Bonchev–Trinajstić information content (AvgIpc) is 2.69. The standard InChI is InChI=1S/C11H13ClN4S/c1-2-16-10(14-15-11(16)17)7-13-9-6-4-3-5-8(9)12/h3-6,13H,2,7H2,1H3,(H,15,17). The lowest BCUT2D eigenvalue weighted by molar-refractivity contribution is 0.700. The molecule has 2 rings (SSSR count). The van der Waals surface area contributed by atoms with Crippen molar-refractivity contribution >= 4 is 29.5 Å². The predicted octanol–water partition coefficient (Wildman–Crippen LogP) is 3.23. The summed E-state index contributed by atoms with van der Waals surface area (Å²) in [6.07, 6.45) is 0. The number of H-pyrrole nitrogens is 1. The fourth-order valence-electron chi connectivity index (χ4n) is 1.59. The van der Waals surface area contributed by atoms with Gasteiger partial charge >= 0.3 is 0 Å². The van der Waals surface area contributed by atoms with Crippen LogP contribution in [0.3, 0.4) is 0 Å². The molecule has 0 unspecified atom stereocenters. The number of aromatic nitrogens is 3. The Hall–Kier alpha value is -1.33. The predicted molar refractivity (Wildman–Crippen MR) is 71.9 cm³/mol. The summed E-state index contributed by atoms with van der Waals surface area (Å²) < 4.78 is 2.59. The van der Waals surface area contributed by atoms with Crippen LogP contribution < -0.4 is 5.32 Å². The third-order valence-corrected chi connectivity index (χ3v) is 3.11. The van der Waals surface area contributed by atoms with E-state index in [2.05, 4.69) is 15.5 Å². The Balaban J connectivity index is 2.13. The van der Waals surface area contributed by atoms with E-state index >= 15 is 0 Å². The van der Waals surface area contributed by atoms with Crippen molar-refractivity contribution in [2.45, 2.75) is 20.0 Å². The van der Waals surface area contributed by atoms with Gasteiger partial charge in [0.25, 0.3) is 0 Å². The lowest BCUT2D eigenvalue weighted by atomic mass is 10.3. The van der Waals surface area contributed by atoms with E-state index in [0.29, 0.717) is 16.3 Å². The summed E-state index contributed by atoms with van der Waals surface area (Å²) in [5.74, 6) is 0.873. The Morgan fingerprint density at radius 1 is 1.47 bits per heavy atom. The van der Waals surface area contributed by atoms with Gasteiger partial charge in [-0.1, -0.05) is 23.7 Å². The fourth-order valence-corrected chi connectivity index (χ4v) is 2.07. The van der Waals surface area contributed by atoms with Crippen molar-refractivity contribution in [3.8, 4) is 0 Å². The second-order valence-corrected chi connectivity index (χ2v) is 4.32. The molecule has 1 aromatic carbocycles. The zero-order valence-corrected chi connectivity index (χ0v) is 11.0. The number of benzene rings is 1. The number of anilines is 1. The van der Waals surface area contributed by atoms with Crippen LogP contribution >= 0.6 is 23.8 Å². The number of rotatable bonds is 4. The van der Waals surface area contributed by atoms with Crippen molar-refractivity contribution in [1.82, 2.24) is 14.8 Å². The van der Waals surface area contributed by atoms with Gasteiger partial charge in [0.15, 0.2) is 10.6 Å².